The molecule has 1 aliphatic heterocycles. The maximum atomic E-state index is 5.05. The second kappa shape index (κ2) is 6.42. The van der Waals surface area contributed by atoms with Crippen LogP contribution in [-0.4, -0.2) is 46.1 Å². The average Bonchev–Trinajstić information content (AvgIpc) is 3.33. The number of rotatable bonds is 5. The van der Waals surface area contributed by atoms with Crippen LogP contribution in [0.3, 0.4) is 0 Å². The van der Waals surface area contributed by atoms with Crippen LogP contribution in [0.4, 0.5) is 0 Å². The molecule has 1 saturated heterocycles. The number of aryl methyl sites for hydroxylation is 1. The van der Waals surface area contributed by atoms with Crippen molar-refractivity contribution in [2.45, 2.75) is 38.8 Å². The fraction of sp³-hybridized carbons (Fsp3) is 0.556. The highest BCUT2D eigenvalue weighted by atomic mass is 16.5. The molecule has 1 saturated carbocycles. The van der Waals surface area contributed by atoms with Crippen molar-refractivity contribution in [1.82, 2.24) is 19.9 Å². The zero-order valence-corrected chi connectivity index (χ0v) is 13.7. The van der Waals surface area contributed by atoms with Crippen LogP contribution in [-0.2, 0) is 13.1 Å². The van der Waals surface area contributed by atoms with Gasteiger partial charge in [0.15, 0.2) is 5.82 Å². The normalized spacial score (nSPS) is 20.0. The van der Waals surface area contributed by atoms with Crippen LogP contribution >= 0.6 is 0 Å². The topological polar surface area (TPSA) is 45.4 Å². The molecule has 5 nitrogen and oxygen atoms in total. The van der Waals surface area contributed by atoms with E-state index in [2.05, 4.69) is 44.2 Å². The highest BCUT2D eigenvalue weighted by molar-refractivity contribution is 5.33. The first kappa shape index (κ1) is 14.8. The van der Waals surface area contributed by atoms with Gasteiger partial charge in [-0.05, 0) is 29.9 Å². The Morgan fingerprint density at radius 2 is 1.74 bits per heavy atom. The van der Waals surface area contributed by atoms with Crippen LogP contribution in [0.25, 0.3) is 0 Å². The van der Waals surface area contributed by atoms with Crippen molar-refractivity contribution in [3.63, 3.8) is 0 Å². The summed E-state index contributed by atoms with van der Waals surface area (Å²) in [6.45, 7) is 8.07. The highest BCUT2D eigenvalue weighted by Gasteiger charge is 2.26. The maximum absolute atomic E-state index is 5.05. The molecule has 2 aliphatic rings. The second-order valence-corrected chi connectivity index (χ2v) is 6.76. The summed E-state index contributed by atoms with van der Waals surface area (Å²) in [5, 5.41) is 3.99. The van der Waals surface area contributed by atoms with Gasteiger partial charge < -0.3 is 4.52 Å². The molecule has 0 bridgehead atoms. The van der Waals surface area contributed by atoms with Gasteiger partial charge in [0, 0.05) is 39.6 Å². The van der Waals surface area contributed by atoms with E-state index in [-0.39, 0.29) is 0 Å². The zero-order valence-electron chi connectivity index (χ0n) is 13.7. The minimum Gasteiger partial charge on any atom is -0.340 e. The molecular weight excluding hydrogens is 288 g/mol. The van der Waals surface area contributed by atoms with Gasteiger partial charge >= 0.3 is 0 Å². The van der Waals surface area contributed by atoms with E-state index in [9.17, 15) is 0 Å². The number of hydrogen-bond donors (Lipinski definition) is 0. The molecule has 0 spiro atoms. The van der Waals surface area contributed by atoms with E-state index < -0.39 is 0 Å². The Bertz CT molecular complexity index is 657. The molecule has 2 fully saturated rings. The van der Waals surface area contributed by atoms with E-state index in [0.29, 0.717) is 5.89 Å². The van der Waals surface area contributed by atoms with Crippen molar-refractivity contribution in [2.24, 2.45) is 0 Å². The molecule has 4 rings (SSSR count). The minimum atomic E-state index is 0.648. The molecule has 0 radical (unpaired) electrons. The van der Waals surface area contributed by atoms with Gasteiger partial charge in [-0.1, -0.05) is 29.4 Å². The van der Waals surface area contributed by atoms with Crippen LogP contribution in [0.1, 0.15) is 41.6 Å². The predicted molar refractivity (Wildman–Crippen MR) is 88.0 cm³/mol. The number of benzene rings is 1. The van der Waals surface area contributed by atoms with E-state index in [1.54, 1.807) is 5.56 Å². The van der Waals surface area contributed by atoms with Crippen molar-refractivity contribution >= 4 is 0 Å². The van der Waals surface area contributed by atoms with E-state index in [1.807, 2.05) is 6.92 Å². The second-order valence-electron chi connectivity index (χ2n) is 6.76. The van der Waals surface area contributed by atoms with Crippen molar-refractivity contribution in [3.8, 4) is 0 Å². The number of nitrogens with zero attached hydrogens (tertiary/aromatic N) is 4. The summed E-state index contributed by atoms with van der Waals surface area (Å²) >= 11 is 0. The zero-order chi connectivity index (χ0) is 15.6. The number of aromatic nitrogens is 2. The van der Waals surface area contributed by atoms with Gasteiger partial charge in [0.1, 0.15) is 0 Å². The van der Waals surface area contributed by atoms with Gasteiger partial charge in [-0.2, -0.15) is 4.98 Å². The van der Waals surface area contributed by atoms with Gasteiger partial charge in [0.2, 0.25) is 5.89 Å². The molecule has 23 heavy (non-hydrogen) atoms. The van der Waals surface area contributed by atoms with Crippen LogP contribution < -0.4 is 0 Å². The summed E-state index contributed by atoms with van der Waals surface area (Å²) in [6.07, 6.45) is 2.74. The SMILES string of the molecule is Cc1nc(CN2CCN(Cc3ccccc3C3CC3)CC2)no1. The van der Waals surface area contributed by atoms with Crippen molar-refractivity contribution in [2.75, 3.05) is 26.2 Å². The van der Waals surface area contributed by atoms with Gasteiger partial charge in [-0.25, -0.2) is 0 Å². The van der Waals surface area contributed by atoms with Crippen molar-refractivity contribution in [3.05, 3.63) is 47.1 Å². The summed E-state index contributed by atoms with van der Waals surface area (Å²) in [4.78, 5) is 9.28. The Morgan fingerprint density at radius 1 is 1.04 bits per heavy atom. The quantitative estimate of drug-likeness (QED) is 0.849. The number of piperazine rings is 1. The molecule has 1 aromatic carbocycles. The predicted octanol–water partition coefficient (Wildman–Crippen LogP) is 2.57. The Hall–Kier alpha value is -1.72. The summed E-state index contributed by atoms with van der Waals surface area (Å²) in [5.74, 6) is 2.28. The lowest BCUT2D eigenvalue weighted by Gasteiger charge is -2.34. The smallest absolute Gasteiger partial charge is 0.223 e. The van der Waals surface area contributed by atoms with Crippen molar-refractivity contribution in [1.29, 1.82) is 0 Å². The van der Waals surface area contributed by atoms with E-state index in [0.717, 1.165) is 51.0 Å². The Labute approximate surface area is 137 Å². The van der Waals surface area contributed by atoms with Gasteiger partial charge in [-0.15, -0.1) is 0 Å². The molecule has 0 atom stereocenters. The van der Waals surface area contributed by atoms with Crippen molar-refractivity contribution < 1.29 is 4.52 Å². The minimum absolute atomic E-state index is 0.648. The third-order valence-corrected chi connectivity index (χ3v) is 4.87. The lowest BCUT2D eigenvalue weighted by atomic mass is 10.0. The largest absolute Gasteiger partial charge is 0.340 e. The third kappa shape index (κ3) is 3.62. The van der Waals surface area contributed by atoms with Gasteiger partial charge in [0.25, 0.3) is 0 Å². The Kier molecular flexibility index (Phi) is 4.14. The monoisotopic (exact) mass is 312 g/mol. The van der Waals surface area contributed by atoms with Crippen LogP contribution in [0.2, 0.25) is 0 Å². The highest BCUT2D eigenvalue weighted by Crippen LogP contribution is 2.41. The molecule has 5 heteroatoms. The molecule has 1 aromatic heterocycles. The standard InChI is InChI=1S/C18H24N4O/c1-14-19-18(20-23-14)13-22-10-8-21(9-11-22)12-16-4-2-3-5-17(16)15-6-7-15/h2-5,15H,6-13H2,1H3. The summed E-state index contributed by atoms with van der Waals surface area (Å²) in [5.41, 5.74) is 3.11. The molecule has 0 amide bonds. The first-order valence-electron chi connectivity index (χ1n) is 8.59. The first-order valence-corrected chi connectivity index (χ1v) is 8.59. The van der Waals surface area contributed by atoms with E-state index in [1.165, 1.54) is 18.4 Å². The molecular formula is C18H24N4O. The Balaban J connectivity index is 1.31. The Morgan fingerprint density at radius 3 is 2.39 bits per heavy atom. The lowest BCUT2D eigenvalue weighted by Crippen LogP contribution is -2.45. The van der Waals surface area contributed by atoms with E-state index in [4.69, 9.17) is 4.52 Å². The lowest BCUT2D eigenvalue weighted by molar-refractivity contribution is 0.119. The van der Waals surface area contributed by atoms with Crippen LogP contribution in [0, 0.1) is 6.92 Å². The molecule has 1 aliphatic carbocycles. The number of hydrogen-bond acceptors (Lipinski definition) is 5. The molecule has 0 N–H and O–H groups in total. The molecule has 122 valence electrons. The summed E-state index contributed by atoms with van der Waals surface area (Å²) in [6, 6.07) is 8.99. The molecule has 2 aromatic rings. The maximum Gasteiger partial charge on any atom is 0.223 e. The third-order valence-electron chi connectivity index (χ3n) is 4.87. The van der Waals surface area contributed by atoms with Gasteiger partial charge in [-0.3, -0.25) is 9.80 Å². The summed E-state index contributed by atoms with van der Waals surface area (Å²) in [7, 11) is 0. The summed E-state index contributed by atoms with van der Waals surface area (Å²) < 4.78 is 5.05. The van der Waals surface area contributed by atoms with Gasteiger partial charge in [0.05, 0.1) is 6.54 Å². The van der Waals surface area contributed by atoms with Crippen LogP contribution in [0.5, 0.6) is 0 Å². The first-order chi connectivity index (χ1) is 11.3. The van der Waals surface area contributed by atoms with Crippen LogP contribution in [0.15, 0.2) is 28.8 Å². The molecule has 0 unspecified atom stereocenters. The fourth-order valence-electron chi connectivity index (χ4n) is 3.42. The fourth-order valence-corrected chi connectivity index (χ4v) is 3.42. The molecule has 2 heterocycles. The average molecular weight is 312 g/mol. The van der Waals surface area contributed by atoms with E-state index >= 15 is 0 Å².